The minimum Gasteiger partial charge on any atom is -0.478 e. The quantitative estimate of drug-likeness (QED) is 0.276. The summed E-state index contributed by atoms with van der Waals surface area (Å²) in [4.78, 5) is 26.9. The number of halogens is 1. The number of aryl methyl sites for hydroxylation is 2. The fourth-order valence-electron chi connectivity index (χ4n) is 5.15. The average molecular weight is 523 g/mol. The number of aromatic carboxylic acids is 1. The van der Waals surface area contributed by atoms with Gasteiger partial charge in [0.15, 0.2) is 0 Å². The smallest absolute Gasteiger partial charge is 0.336 e. The lowest BCUT2D eigenvalue weighted by molar-refractivity contribution is 0.0697. The summed E-state index contributed by atoms with van der Waals surface area (Å²) in [6.45, 7) is 5.21. The third-order valence-electron chi connectivity index (χ3n) is 7.40. The highest BCUT2D eigenvalue weighted by Gasteiger charge is 2.20. The first-order chi connectivity index (χ1) is 18.8. The molecule has 0 saturated heterocycles. The third kappa shape index (κ3) is 5.70. The number of nitrogens with one attached hydrogen (secondary N) is 1. The monoisotopic (exact) mass is 522 g/mol. The zero-order chi connectivity index (χ0) is 27.5. The maximum atomic E-state index is 14.0. The molecule has 1 aliphatic heterocycles. The third-order valence-corrected chi connectivity index (χ3v) is 7.40. The van der Waals surface area contributed by atoms with Crippen LogP contribution in [-0.4, -0.2) is 23.5 Å². The van der Waals surface area contributed by atoms with Crippen LogP contribution in [0.25, 0.3) is 11.1 Å². The van der Waals surface area contributed by atoms with Crippen LogP contribution in [-0.2, 0) is 13.0 Å². The van der Waals surface area contributed by atoms with Gasteiger partial charge in [0.05, 0.1) is 11.6 Å². The highest BCUT2D eigenvalue weighted by Crippen LogP contribution is 2.31. The SMILES string of the molecule is Cc1ccc([C@H](C)NC(=O)c2ccc3c(c2)CCCN3Cc2ccc(-c3ccccc3C(=O)O)cc2)cc1F. The Morgan fingerprint density at radius 3 is 2.51 bits per heavy atom. The van der Waals surface area contributed by atoms with Crippen molar-refractivity contribution in [3.63, 3.8) is 0 Å². The molecule has 0 unspecified atom stereocenters. The van der Waals surface area contributed by atoms with Crippen LogP contribution in [0.2, 0.25) is 0 Å². The summed E-state index contributed by atoms with van der Waals surface area (Å²) in [5.74, 6) is -1.39. The number of amides is 1. The summed E-state index contributed by atoms with van der Waals surface area (Å²) in [5, 5.41) is 12.5. The first-order valence-corrected chi connectivity index (χ1v) is 13.2. The molecular weight excluding hydrogens is 491 g/mol. The fraction of sp³-hybridized carbons (Fsp3) is 0.212. The van der Waals surface area contributed by atoms with Crippen LogP contribution in [0.1, 0.15) is 62.4 Å². The van der Waals surface area contributed by atoms with Gasteiger partial charge >= 0.3 is 5.97 Å². The maximum Gasteiger partial charge on any atom is 0.336 e. The second kappa shape index (κ2) is 11.1. The van der Waals surface area contributed by atoms with Gasteiger partial charge in [-0.25, -0.2) is 9.18 Å². The number of rotatable bonds is 7. The van der Waals surface area contributed by atoms with Gasteiger partial charge in [-0.05, 0) is 90.4 Å². The normalized spacial score (nSPS) is 13.5. The summed E-state index contributed by atoms with van der Waals surface area (Å²) in [6, 6.07) is 25.6. The van der Waals surface area contributed by atoms with Gasteiger partial charge in [-0.1, -0.05) is 54.6 Å². The highest BCUT2D eigenvalue weighted by molar-refractivity contribution is 5.96. The number of carboxylic acids is 1. The number of benzene rings is 4. The number of carbonyl (C=O) groups is 2. The van der Waals surface area contributed by atoms with Gasteiger partial charge in [-0.2, -0.15) is 0 Å². The van der Waals surface area contributed by atoms with Crippen molar-refractivity contribution in [3.05, 3.63) is 124 Å². The van der Waals surface area contributed by atoms with E-state index in [1.54, 1.807) is 25.1 Å². The number of carbonyl (C=O) groups excluding carboxylic acids is 1. The van der Waals surface area contributed by atoms with Gasteiger partial charge in [0.2, 0.25) is 0 Å². The van der Waals surface area contributed by atoms with E-state index in [1.165, 1.54) is 6.07 Å². The van der Waals surface area contributed by atoms with E-state index in [1.807, 2.05) is 67.6 Å². The lowest BCUT2D eigenvalue weighted by atomic mass is 9.97. The van der Waals surface area contributed by atoms with Crippen LogP contribution in [0, 0.1) is 12.7 Å². The molecule has 39 heavy (non-hydrogen) atoms. The number of carboxylic acid groups (broad SMARTS) is 1. The molecule has 0 aliphatic carbocycles. The molecule has 0 saturated carbocycles. The average Bonchev–Trinajstić information content (AvgIpc) is 2.94. The molecule has 6 heteroatoms. The molecule has 1 amide bonds. The Morgan fingerprint density at radius 2 is 1.77 bits per heavy atom. The fourth-order valence-corrected chi connectivity index (χ4v) is 5.15. The molecule has 198 valence electrons. The molecule has 5 nitrogen and oxygen atoms in total. The molecule has 0 spiro atoms. The van der Waals surface area contributed by atoms with Gasteiger partial charge in [0.1, 0.15) is 5.82 Å². The number of fused-ring (bicyclic) bond motifs is 1. The van der Waals surface area contributed by atoms with Crippen molar-refractivity contribution in [3.8, 4) is 11.1 Å². The van der Waals surface area contributed by atoms with Crippen LogP contribution in [0.5, 0.6) is 0 Å². The Bertz CT molecular complexity index is 1530. The molecule has 0 radical (unpaired) electrons. The van der Waals surface area contributed by atoms with Gasteiger partial charge in [-0.15, -0.1) is 0 Å². The van der Waals surface area contributed by atoms with Crippen molar-refractivity contribution in [2.75, 3.05) is 11.4 Å². The van der Waals surface area contributed by atoms with Gasteiger partial charge in [-0.3, -0.25) is 4.79 Å². The van der Waals surface area contributed by atoms with Crippen molar-refractivity contribution in [2.45, 2.75) is 39.3 Å². The van der Waals surface area contributed by atoms with Crippen LogP contribution >= 0.6 is 0 Å². The minimum absolute atomic E-state index is 0.180. The molecule has 0 aromatic heterocycles. The summed E-state index contributed by atoms with van der Waals surface area (Å²) in [5.41, 5.74) is 7.14. The summed E-state index contributed by atoms with van der Waals surface area (Å²) in [6.07, 6.45) is 1.89. The Morgan fingerprint density at radius 1 is 1.00 bits per heavy atom. The second-order valence-electron chi connectivity index (χ2n) is 10.1. The van der Waals surface area contributed by atoms with Crippen LogP contribution in [0.3, 0.4) is 0 Å². The van der Waals surface area contributed by atoms with Crippen molar-refractivity contribution in [2.24, 2.45) is 0 Å². The molecule has 1 atom stereocenters. The largest absolute Gasteiger partial charge is 0.478 e. The first-order valence-electron chi connectivity index (χ1n) is 13.2. The number of hydrogen-bond donors (Lipinski definition) is 2. The summed E-state index contributed by atoms with van der Waals surface area (Å²) >= 11 is 0. The lowest BCUT2D eigenvalue weighted by Gasteiger charge is -2.32. The van der Waals surface area contributed by atoms with Gasteiger partial charge in [0.25, 0.3) is 5.91 Å². The number of nitrogens with zero attached hydrogens (tertiary/aromatic N) is 1. The lowest BCUT2D eigenvalue weighted by Crippen LogP contribution is -2.30. The summed E-state index contributed by atoms with van der Waals surface area (Å²) in [7, 11) is 0. The van der Waals surface area contributed by atoms with E-state index >= 15 is 0 Å². The van der Waals surface area contributed by atoms with Crippen molar-refractivity contribution in [1.29, 1.82) is 0 Å². The molecule has 4 aromatic carbocycles. The second-order valence-corrected chi connectivity index (χ2v) is 10.1. The predicted molar refractivity (Wildman–Crippen MR) is 152 cm³/mol. The highest BCUT2D eigenvalue weighted by atomic mass is 19.1. The Balaban J connectivity index is 1.29. The van der Waals surface area contributed by atoms with Crippen LogP contribution < -0.4 is 10.2 Å². The van der Waals surface area contributed by atoms with E-state index < -0.39 is 5.97 Å². The molecule has 5 rings (SSSR count). The first kappa shape index (κ1) is 26.2. The zero-order valence-electron chi connectivity index (χ0n) is 22.1. The maximum absolute atomic E-state index is 14.0. The number of hydrogen-bond acceptors (Lipinski definition) is 3. The van der Waals surface area contributed by atoms with E-state index in [4.69, 9.17) is 0 Å². The topological polar surface area (TPSA) is 69.6 Å². The summed E-state index contributed by atoms with van der Waals surface area (Å²) < 4.78 is 14.0. The zero-order valence-corrected chi connectivity index (χ0v) is 22.1. The standard InChI is InChI=1S/C33H31FN2O3/c1-21-9-12-25(19-30(21)34)22(2)35-32(37)27-15-16-31-26(18-27)6-5-17-36(31)20-23-10-13-24(14-11-23)28-7-3-4-8-29(28)33(38)39/h3-4,7-16,18-19,22H,5-6,17,20H2,1-2H3,(H,35,37)(H,38,39)/t22-/m0/s1. The van der Waals surface area contributed by atoms with Crippen LogP contribution in [0.4, 0.5) is 10.1 Å². The predicted octanol–water partition coefficient (Wildman–Crippen LogP) is 6.94. The molecule has 2 N–H and O–H groups in total. The molecule has 1 aliphatic rings. The van der Waals surface area contributed by atoms with E-state index in [9.17, 15) is 19.1 Å². The van der Waals surface area contributed by atoms with E-state index in [2.05, 4.69) is 10.2 Å². The Labute approximate surface area is 227 Å². The van der Waals surface area contributed by atoms with E-state index in [0.29, 0.717) is 16.7 Å². The van der Waals surface area contributed by atoms with E-state index in [-0.39, 0.29) is 23.3 Å². The van der Waals surface area contributed by atoms with Gasteiger partial charge in [0, 0.05) is 24.3 Å². The Kier molecular flexibility index (Phi) is 7.46. The molecule has 0 fully saturated rings. The Hall–Kier alpha value is -4.45. The number of anilines is 1. The van der Waals surface area contributed by atoms with Crippen molar-refractivity contribution < 1.29 is 19.1 Å². The van der Waals surface area contributed by atoms with Crippen LogP contribution in [0.15, 0.2) is 84.9 Å². The molecule has 1 heterocycles. The minimum atomic E-state index is -0.939. The molecule has 4 aromatic rings. The molecule has 0 bridgehead atoms. The van der Waals surface area contributed by atoms with E-state index in [0.717, 1.165) is 53.9 Å². The molecular formula is C33H31FN2O3. The van der Waals surface area contributed by atoms with Gasteiger partial charge < -0.3 is 15.3 Å². The van der Waals surface area contributed by atoms with Crippen molar-refractivity contribution >= 4 is 17.6 Å². The van der Waals surface area contributed by atoms with Crippen molar-refractivity contribution in [1.82, 2.24) is 5.32 Å².